The molecule has 5 heteroatoms. The average molecular weight is 307 g/mol. The van der Waals surface area contributed by atoms with Gasteiger partial charge >= 0.3 is 0 Å². The van der Waals surface area contributed by atoms with Crippen molar-refractivity contribution in [1.82, 2.24) is 15.5 Å². The van der Waals surface area contributed by atoms with Crippen LogP contribution in [0.3, 0.4) is 0 Å². The lowest BCUT2D eigenvalue weighted by Gasteiger charge is -2.28. The van der Waals surface area contributed by atoms with Crippen molar-refractivity contribution in [2.45, 2.75) is 26.3 Å². The molecule has 0 unspecified atom stereocenters. The van der Waals surface area contributed by atoms with Crippen LogP contribution in [-0.4, -0.2) is 43.5 Å². The number of nitrogens with one attached hydrogen (secondary N) is 2. The second-order valence-corrected chi connectivity index (χ2v) is 5.92. The van der Waals surface area contributed by atoms with E-state index in [2.05, 4.69) is 22.5 Å². The number of carbonyl (C=O) groups excluding carboxylic acids is 1. The van der Waals surface area contributed by atoms with Crippen LogP contribution in [0.15, 0.2) is 24.3 Å². The maximum atomic E-state index is 12.8. The van der Waals surface area contributed by atoms with Gasteiger partial charge in [0.2, 0.25) is 5.91 Å². The molecule has 0 spiro atoms. The zero-order valence-electron chi connectivity index (χ0n) is 13.3. The van der Waals surface area contributed by atoms with Crippen molar-refractivity contribution in [2.24, 2.45) is 5.92 Å². The second kappa shape index (κ2) is 8.86. The van der Waals surface area contributed by atoms with Gasteiger partial charge in [-0.3, -0.25) is 9.69 Å². The molecule has 2 N–H and O–H groups in total. The van der Waals surface area contributed by atoms with Gasteiger partial charge in [0.1, 0.15) is 5.82 Å². The van der Waals surface area contributed by atoms with Gasteiger partial charge in [0.15, 0.2) is 0 Å². The highest BCUT2D eigenvalue weighted by molar-refractivity contribution is 5.78. The van der Waals surface area contributed by atoms with Crippen LogP contribution in [0, 0.1) is 11.7 Å². The zero-order chi connectivity index (χ0) is 15.8. The molecule has 1 saturated heterocycles. The number of rotatable bonds is 7. The van der Waals surface area contributed by atoms with Gasteiger partial charge in [0.05, 0.1) is 6.54 Å². The number of likely N-dealkylation sites (N-methyl/N-ethyl adjacent to an activating group) is 1. The first-order chi connectivity index (χ1) is 10.7. The van der Waals surface area contributed by atoms with Gasteiger partial charge in [-0.25, -0.2) is 4.39 Å². The summed E-state index contributed by atoms with van der Waals surface area (Å²) < 4.78 is 12.8. The number of amides is 1. The molecule has 4 nitrogen and oxygen atoms in total. The Bertz CT molecular complexity index is 457. The van der Waals surface area contributed by atoms with Gasteiger partial charge in [-0.1, -0.05) is 19.1 Å². The summed E-state index contributed by atoms with van der Waals surface area (Å²) in [5.74, 6) is 0.459. The lowest BCUT2D eigenvalue weighted by Crippen LogP contribution is -2.41. The number of hydrogen-bond acceptors (Lipinski definition) is 3. The number of nitrogens with zero attached hydrogens (tertiary/aromatic N) is 1. The Hall–Kier alpha value is -1.46. The fourth-order valence-corrected chi connectivity index (χ4v) is 2.80. The normalized spacial score (nSPS) is 16.0. The number of benzene rings is 1. The van der Waals surface area contributed by atoms with Gasteiger partial charge in [0.25, 0.3) is 0 Å². The molecular weight excluding hydrogens is 281 g/mol. The van der Waals surface area contributed by atoms with Gasteiger partial charge in [-0.2, -0.15) is 0 Å². The van der Waals surface area contributed by atoms with E-state index in [1.807, 2.05) is 0 Å². The molecule has 1 fully saturated rings. The van der Waals surface area contributed by atoms with Gasteiger partial charge in [-0.15, -0.1) is 0 Å². The molecule has 22 heavy (non-hydrogen) atoms. The number of halogens is 1. The molecular formula is C17H26FN3O. The van der Waals surface area contributed by atoms with E-state index in [1.54, 1.807) is 12.1 Å². The van der Waals surface area contributed by atoms with Gasteiger partial charge in [-0.05, 0) is 56.1 Å². The largest absolute Gasteiger partial charge is 0.351 e. The average Bonchev–Trinajstić information content (AvgIpc) is 2.54. The van der Waals surface area contributed by atoms with Crippen LogP contribution >= 0.6 is 0 Å². The molecule has 0 aliphatic carbocycles. The number of carbonyl (C=O) groups is 1. The number of piperidine rings is 1. The van der Waals surface area contributed by atoms with Crippen LogP contribution in [0.2, 0.25) is 0 Å². The lowest BCUT2D eigenvalue weighted by atomic mass is 9.97. The van der Waals surface area contributed by atoms with E-state index in [9.17, 15) is 9.18 Å². The quantitative estimate of drug-likeness (QED) is 0.807. The summed E-state index contributed by atoms with van der Waals surface area (Å²) in [6, 6.07) is 6.22. The summed E-state index contributed by atoms with van der Waals surface area (Å²) in [7, 11) is 0. The molecule has 2 rings (SSSR count). The minimum Gasteiger partial charge on any atom is -0.351 e. The fraction of sp³-hybridized carbons (Fsp3) is 0.588. The van der Waals surface area contributed by atoms with E-state index in [1.165, 1.54) is 25.0 Å². The van der Waals surface area contributed by atoms with Crippen molar-refractivity contribution < 1.29 is 9.18 Å². The Kier molecular flexibility index (Phi) is 6.80. The van der Waals surface area contributed by atoms with Crippen molar-refractivity contribution in [3.8, 4) is 0 Å². The fourth-order valence-electron chi connectivity index (χ4n) is 2.80. The third kappa shape index (κ3) is 5.73. The summed E-state index contributed by atoms with van der Waals surface area (Å²) in [6.07, 6.45) is 2.38. The van der Waals surface area contributed by atoms with Crippen LogP contribution in [-0.2, 0) is 11.3 Å². The first-order valence-corrected chi connectivity index (χ1v) is 8.11. The zero-order valence-corrected chi connectivity index (χ0v) is 13.3. The summed E-state index contributed by atoms with van der Waals surface area (Å²) in [4.78, 5) is 14.3. The van der Waals surface area contributed by atoms with Crippen LogP contribution in [0.4, 0.5) is 4.39 Å². The van der Waals surface area contributed by atoms with E-state index < -0.39 is 0 Å². The van der Waals surface area contributed by atoms with E-state index in [0.717, 1.165) is 31.7 Å². The highest BCUT2D eigenvalue weighted by Gasteiger charge is 2.17. The highest BCUT2D eigenvalue weighted by Crippen LogP contribution is 2.13. The Morgan fingerprint density at radius 2 is 2.00 bits per heavy atom. The number of hydrogen-bond donors (Lipinski definition) is 2. The molecule has 122 valence electrons. The standard InChI is InChI=1S/C17H26FN3O/c1-2-21(12-15-7-9-19-10-8-15)13-17(22)20-11-14-3-5-16(18)6-4-14/h3-6,15,19H,2,7-13H2,1H3,(H,20,22). The topological polar surface area (TPSA) is 44.4 Å². The summed E-state index contributed by atoms with van der Waals surface area (Å²) in [5, 5.41) is 6.27. The summed E-state index contributed by atoms with van der Waals surface area (Å²) in [5.41, 5.74) is 0.913. The van der Waals surface area contributed by atoms with Crippen LogP contribution in [0.1, 0.15) is 25.3 Å². The van der Waals surface area contributed by atoms with E-state index in [0.29, 0.717) is 19.0 Å². The molecule has 1 aliphatic heterocycles. The Morgan fingerprint density at radius 1 is 1.32 bits per heavy atom. The molecule has 1 aromatic carbocycles. The van der Waals surface area contributed by atoms with Crippen molar-refractivity contribution in [3.05, 3.63) is 35.6 Å². The lowest BCUT2D eigenvalue weighted by molar-refractivity contribution is -0.122. The van der Waals surface area contributed by atoms with E-state index in [4.69, 9.17) is 0 Å². The van der Waals surface area contributed by atoms with Gasteiger partial charge < -0.3 is 10.6 Å². The maximum absolute atomic E-state index is 12.8. The second-order valence-electron chi connectivity index (χ2n) is 5.92. The molecule has 0 radical (unpaired) electrons. The molecule has 1 heterocycles. The molecule has 0 atom stereocenters. The molecule has 0 bridgehead atoms. The Balaban J connectivity index is 1.72. The van der Waals surface area contributed by atoms with Crippen molar-refractivity contribution in [2.75, 3.05) is 32.7 Å². The van der Waals surface area contributed by atoms with Crippen molar-refractivity contribution in [1.29, 1.82) is 0 Å². The van der Waals surface area contributed by atoms with Crippen LogP contribution < -0.4 is 10.6 Å². The third-order valence-corrected chi connectivity index (χ3v) is 4.19. The molecule has 1 aromatic rings. The first kappa shape index (κ1) is 16.9. The van der Waals surface area contributed by atoms with Crippen LogP contribution in [0.5, 0.6) is 0 Å². The monoisotopic (exact) mass is 307 g/mol. The highest BCUT2D eigenvalue weighted by atomic mass is 19.1. The molecule has 1 aliphatic rings. The molecule has 1 amide bonds. The molecule has 0 aromatic heterocycles. The minimum absolute atomic E-state index is 0.0279. The van der Waals surface area contributed by atoms with E-state index in [-0.39, 0.29) is 11.7 Å². The van der Waals surface area contributed by atoms with Crippen molar-refractivity contribution >= 4 is 5.91 Å². The Morgan fingerprint density at radius 3 is 2.64 bits per heavy atom. The Labute approximate surface area is 132 Å². The minimum atomic E-state index is -0.255. The first-order valence-electron chi connectivity index (χ1n) is 8.11. The van der Waals surface area contributed by atoms with Crippen LogP contribution in [0.25, 0.3) is 0 Å². The smallest absolute Gasteiger partial charge is 0.234 e. The summed E-state index contributed by atoms with van der Waals surface area (Å²) >= 11 is 0. The van der Waals surface area contributed by atoms with Crippen molar-refractivity contribution in [3.63, 3.8) is 0 Å². The third-order valence-electron chi connectivity index (χ3n) is 4.19. The predicted molar refractivity (Wildman–Crippen MR) is 86.0 cm³/mol. The summed E-state index contributed by atoms with van der Waals surface area (Å²) in [6.45, 7) is 7.01. The van der Waals surface area contributed by atoms with E-state index >= 15 is 0 Å². The SMILES string of the molecule is CCN(CC(=O)NCc1ccc(F)cc1)CC1CCNCC1. The van der Waals surface area contributed by atoms with Gasteiger partial charge in [0, 0.05) is 13.1 Å². The predicted octanol–water partition coefficient (Wildman–Crippen LogP) is 1.76. The molecule has 0 saturated carbocycles. The maximum Gasteiger partial charge on any atom is 0.234 e.